The highest BCUT2D eigenvalue weighted by Gasteiger charge is 2.57. The molecule has 15 heavy (non-hydrogen) atoms. The molecule has 82 valence electrons. The van der Waals surface area contributed by atoms with Gasteiger partial charge in [-0.3, -0.25) is 14.4 Å². The van der Waals surface area contributed by atoms with Gasteiger partial charge in [0.25, 0.3) is 0 Å². The lowest BCUT2D eigenvalue weighted by Crippen LogP contribution is -2.43. The zero-order valence-electron chi connectivity index (χ0n) is 8.08. The molecule has 6 nitrogen and oxygen atoms in total. The van der Waals surface area contributed by atoms with Gasteiger partial charge in [-0.1, -0.05) is 0 Å². The Kier molecular flexibility index (Phi) is 2.13. The molecule has 1 atom stereocenters. The SMILES string of the molecule is O=C1CC(NC(=O)C2(C(=O)O)CC2)CN1. The van der Waals surface area contributed by atoms with E-state index >= 15 is 0 Å². The van der Waals surface area contributed by atoms with Crippen molar-refractivity contribution in [3.05, 3.63) is 0 Å². The first-order chi connectivity index (χ1) is 7.04. The summed E-state index contributed by atoms with van der Waals surface area (Å²) in [7, 11) is 0. The number of amides is 2. The van der Waals surface area contributed by atoms with Crippen LogP contribution in [0.15, 0.2) is 0 Å². The van der Waals surface area contributed by atoms with Gasteiger partial charge in [-0.05, 0) is 12.8 Å². The molecule has 2 fully saturated rings. The molecule has 1 aliphatic heterocycles. The maximum absolute atomic E-state index is 11.6. The smallest absolute Gasteiger partial charge is 0.319 e. The van der Waals surface area contributed by atoms with Gasteiger partial charge in [-0.25, -0.2) is 0 Å². The maximum atomic E-state index is 11.6. The molecule has 2 rings (SSSR count). The average Bonchev–Trinajstić information content (AvgIpc) is 2.88. The molecule has 1 unspecified atom stereocenters. The van der Waals surface area contributed by atoms with E-state index in [1.165, 1.54) is 0 Å². The Morgan fingerprint density at radius 2 is 2.13 bits per heavy atom. The molecule has 0 spiro atoms. The van der Waals surface area contributed by atoms with Crippen molar-refractivity contribution in [2.24, 2.45) is 5.41 Å². The van der Waals surface area contributed by atoms with Crippen LogP contribution >= 0.6 is 0 Å². The second-order valence-corrected chi connectivity index (χ2v) is 4.07. The first kappa shape index (κ1) is 9.95. The van der Waals surface area contributed by atoms with Gasteiger partial charge < -0.3 is 15.7 Å². The molecule has 6 heteroatoms. The van der Waals surface area contributed by atoms with Gasteiger partial charge in [0.15, 0.2) is 0 Å². The molecule has 1 heterocycles. The van der Waals surface area contributed by atoms with Crippen molar-refractivity contribution in [2.45, 2.75) is 25.3 Å². The number of carboxylic acids is 1. The van der Waals surface area contributed by atoms with E-state index in [2.05, 4.69) is 10.6 Å². The van der Waals surface area contributed by atoms with Gasteiger partial charge in [0.1, 0.15) is 5.41 Å². The topological polar surface area (TPSA) is 95.5 Å². The number of aliphatic carboxylic acids is 1. The predicted molar refractivity (Wildman–Crippen MR) is 48.9 cm³/mol. The third kappa shape index (κ3) is 1.67. The van der Waals surface area contributed by atoms with Crippen molar-refractivity contribution in [1.82, 2.24) is 10.6 Å². The zero-order valence-corrected chi connectivity index (χ0v) is 8.08. The number of hydrogen-bond acceptors (Lipinski definition) is 3. The number of nitrogens with one attached hydrogen (secondary N) is 2. The summed E-state index contributed by atoms with van der Waals surface area (Å²) >= 11 is 0. The van der Waals surface area contributed by atoms with Crippen LogP contribution in [0.4, 0.5) is 0 Å². The van der Waals surface area contributed by atoms with E-state index in [4.69, 9.17) is 5.11 Å². The Morgan fingerprint density at radius 1 is 1.47 bits per heavy atom. The molecule has 1 aliphatic carbocycles. The van der Waals surface area contributed by atoms with E-state index < -0.39 is 17.3 Å². The van der Waals surface area contributed by atoms with Gasteiger partial charge in [-0.15, -0.1) is 0 Å². The molecule has 0 aromatic carbocycles. The summed E-state index contributed by atoms with van der Waals surface area (Å²) in [5, 5.41) is 14.0. The molecule has 2 aliphatic rings. The fourth-order valence-corrected chi connectivity index (χ4v) is 1.69. The number of rotatable bonds is 3. The van der Waals surface area contributed by atoms with Crippen molar-refractivity contribution < 1.29 is 19.5 Å². The first-order valence-electron chi connectivity index (χ1n) is 4.86. The highest BCUT2D eigenvalue weighted by Crippen LogP contribution is 2.46. The van der Waals surface area contributed by atoms with Crippen molar-refractivity contribution in [3.63, 3.8) is 0 Å². The summed E-state index contributed by atoms with van der Waals surface area (Å²) in [6.07, 6.45) is 1.02. The maximum Gasteiger partial charge on any atom is 0.319 e. The van der Waals surface area contributed by atoms with E-state index in [0.717, 1.165) is 0 Å². The van der Waals surface area contributed by atoms with Crippen LogP contribution in [0.5, 0.6) is 0 Å². The number of hydrogen-bond donors (Lipinski definition) is 3. The number of carboxylic acid groups (broad SMARTS) is 1. The summed E-state index contributed by atoms with van der Waals surface area (Å²) in [4.78, 5) is 33.3. The standard InChI is InChI=1S/C9H12N2O4/c12-6-3-5(4-10-6)11-7(13)9(1-2-9)8(14)15/h5H,1-4H2,(H,10,12)(H,11,13)(H,14,15). The van der Waals surface area contributed by atoms with Crippen molar-refractivity contribution in [1.29, 1.82) is 0 Å². The van der Waals surface area contributed by atoms with E-state index in [1.807, 2.05) is 0 Å². The number of carbonyl (C=O) groups is 3. The quantitative estimate of drug-likeness (QED) is 0.515. The van der Waals surface area contributed by atoms with Crippen LogP contribution < -0.4 is 10.6 Å². The highest BCUT2D eigenvalue weighted by atomic mass is 16.4. The van der Waals surface area contributed by atoms with E-state index in [-0.39, 0.29) is 18.4 Å². The monoisotopic (exact) mass is 212 g/mol. The molecule has 3 N–H and O–H groups in total. The summed E-state index contributed by atoms with van der Waals surface area (Å²) in [5.41, 5.74) is -1.22. The van der Waals surface area contributed by atoms with Gasteiger partial charge >= 0.3 is 5.97 Å². The van der Waals surface area contributed by atoms with Crippen LogP contribution in [0.2, 0.25) is 0 Å². The van der Waals surface area contributed by atoms with E-state index in [1.54, 1.807) is 0 Å². The summed E-state index contributed by atoms with van der Waals surface area (Å²) in [6.45, 7) is 0.389. The third-order valence-electron chi connectivity index (χ3n) is 2.91. The fourth-order valence-electron chi connectivity index (χ4n) is 1.69. The van der Waals surface area contributed by atoms with Gasteiger partial charge in [0.05, 0.1) is 6.04 Å². The Labute approximate surface area is 86.0 Å². The predicted octanol–water partition coefficient (Wildman–Crippen LogP) is -1.14. The first-order valence-corrected chi connectivity index (χ1v) is 4.86. The zero-order chi connectivity index (χ0) is 11.1. The lowest BCUT2D eigenvalue weighted by molar-refractivity contribution is -0.149. The molecule has 0 bridgehead atoms. The molecule has 0 radical (unpaired) electrons. The average molecular weight is 212 g/mol. The number of carbonyl (C=O) groups excluding carboxylic acids is 2. The highest BCUT2D eigenvalue weighted by molar-refractivity contribution is 6.05. The largest absolute Gasteiger partial charge is 0.480 e. The van der Waals surface area contributed by atoms with Gasteiger partial charge in [-0.2, -0.15) is 0 Å². The second kappa shape index (κ2) is 3.22. The lowest BCUT2D eigenvalue weighted by Gasteiger charge is -2.14. The molecular formula is C9H12N2O4. The van der Waals surface area contributed by atoms with Gasteiger partial charge in [0.2, 0.25) is 11.8 Å². The van der Waals surface area contributed by atoms with Crippen LogP contribution in [-0.2, 0) is 14.4 Å². The van der Waals surface area contributed by atoms with Crippen LogP contribution in [0.3, 0.4) is 0 Å². The Morgan fingerprint density at radius 3 is 2.53 bits per heavy atom. The van der Waals surface area contributed by atoms with Crippen LogP contribution in [-0.4, -0.2) is 35.5 Å². The fraction of sp³-hybridized carbons (Fsp3) is 0.667. The van der Waals surface area contributed by atoms with Gasteiger partial charge in [0, 0.05) is 13.0 Å². The second-order valence-electron chi connectivity index (χ2n) is 4.07. The van der Waals surface area contributed by atoms with E-state index in [0.29, 0.717) is 19.4 Å². The Hall–Kier alpha value is -1.59. The molecule has 1 saturated heterocycles. The summed E-state index contributed by atoms with van der Waals surface area (Å²) < 4.78 is 0. The third-order valence-corrected chi connectivity index (χ3v) is 2.91. The molecule has 0 aromatic heterocycles. The Bertz CT molecular complexity index is 335. The van der Waals surface area contributed by atoms with Crippen molar-refractivity contribution >= 4 is 17.8 Å². The molecule has 0 aromatic rings. The minimum atomic E-state index is -1.22. The lowest BCUT2D eigenvalue weighted by atomic mass is 10.1. The minimum absolute atomic E-state index is 0.111. The molecule has 1 saturated carbocycles. The summed E-state index contributed by atoms with van der Waals surface area (Å²) in [5.74, 6) is -1.64. The van der Waals surface area contributed by atoms with Crippen molar-refractivity contribution in [3.8, 4) is 0 Å². The van der Waals surface area contributed by atoms with Crippen LogP contribution in [0.1, 0.15) is 19.3 Å². The Balaban J connectivity index is 1.93. The van der Waals surface area contributed by atoms with E-state index in [9.17, 15) is 14.4 Å². The molecule has 2 amide bonds. The van der Waals surface area contributed by atoms with Crippen molar-refractivity contribution in [2.75, 3.05) is 6.54 Å². The molecular weight excluding hydrogens is 200 g/mol. The van der Waals surface area contributed by atoms with Crippen LogP contribution in [0.25, 0.3) is 0 Å². The van der Waals surface area contributed by atoms with Crippen LogP contribution in [0, 0.1) is 5.41 Å². The normalized spacial score (nSPS) is 26.9. The minimum Gasteiger partial charge on any atom is -0.480 e. The summed E-state index contributed by atoms with van der Waals surface area (Å²) in [6, 6.07) is -0.262.